The smallest absolute Gasteiger partial charge is 0.236 e. The molecule has 0 spiro atoms. The summed E-state index contributed by atoms with van der Waals surface area (Å²) in [5.41, 5.74) is 2.47. The van der Waals surface area contributed by atoms with Crippen LogP contribution in [0.25, 0.3) is 11.0 Å². The van der Waals surface area contributed by atoms with E-state index in [-0.39, 0.29) is 5.91 Å². The van der Waals surface area contributed by atoms with Crippen molar-refractivity contribution in [2.24, 2.45) is 17.8 Å². The first kappa shape index (κ1) is 27.3. The summed E-state index contributed by atoms with van der Waals surface area (Å²) < 4.78 is 2.64. The number of aromatic nitrogens is 2. The number of piperidine rings is 1. The largest absolute Gasteiger partial charge is 0.342 e. The number of para-hydroxylation sites is 2. The van der Waals surface area contributed by atoms with Crippen LogP contribution in [0.15, 0.2) is 24.3 Å². The van der Waals surface area contributed by atoms with Crippen molar-refractivity contribution in [1.82, 2.24) is 24.3 Å². The molecule has 1 amide bonds. The number of fused-ring (bicyclic) bond motifs is 3. The van der Waals surface area contributed by atoms with Crippen molar-refractivity contribution >= 4 is 16.9 Å². The number of hydrogen-bond acceptors (Lipinski definition) is 4. The Morgan fingerprint density at radius 3 is 2.33 bits per heavy atom. The molecule has 1 aromatic carbocycles. The molecule has 214 valence electrons. The number of nitrogens with zero attached hydrogens (tertiary/aromatic N) is 5. The van der Waals surface area contributed by atoms with Gasteiger partial charge in [0, 0.05) is 51.2 Å². The van der Waals surface area contributed by atoms with Gasteiger partial charge in [0.05, 0.1) is 17.6 Å². The van der Waals surface area contributed by atoms with Crippen LogP contribution in [0.5, 0.6) is 0 Å². The van der Waals surface area contributed by atoms with Crippen molar-refractivity contribution in [2.75, 3.05) is 45.8 Å². The zero-order valence-electron chi connectivity index (χ0n) is 24.6. The normalized spacial score (nSPS) is 29.1. The van der Waals surface area contributed by atoms with E-state index in [0.29, 0.717) is 18.5 Å². The number of benzene rings is 1. The molecule has 6 heteroatoms. The van der Waals surface area contributed by atoms with Gasteiger partial charge in [-0.05, 0) is 88.8 Å². The number of amides is 1. The number of hydrogen-bond donors (Lipinski definition) is 0. The van der Waals surface area contributed by atoms with Crippen LogP contribution < -0.4 is 0 Å². The standard InChI is InChI=1S/C33H51N5O/c1-3-36(4-2)33(39)24-35-16-13-27(23-35)22-32-34-30-11-7-8-12-31(30)38(32)28-14-17-37(18-15-28)29-20-25-9-5-6-10-26(19-25)21-29/h7-8,11-12,25-29H,3-6,9-10,13-24H2,1-2H3/t25-,26+,27-,29?/m0/s1. The average Bonchev–Trinajstić information content (AvgIpc) is 3.50. The van der Waals surface area contributed by atoms with Crippen LogP contribution in [0.2, 0.25) is 0 Å². The molecule has 3 heterocycles. The summed E-state index contributed by atoms with van der Waals surface area (Å²) in [6.45, 7) is 10.8. The van der Waals surface area contributed by atoms with Gasteiger partial charge in [-0.3, -0.25) is 9.69 Å². The Morgan fingerprint density at radius 2 is 1.62 bits per heavy atom. The first-order chi connectivity index (χ1) is 19.1. The van der Waals surface area contributed by atoms with Crippen molar-refractivity contribution in [3.05, 3.63) is 30.1 Å². The number of imidazole rings is 1. The maximum absolute atomic E-state index is 12.7. The van der Waals surface area contributed by atoms with E-state index in [1.54, 1.807) is 0 Å². The van der Waals surface area contributed by atoms with Gasteiger partial charge in [-0.2, -0.15) is 0 Å². The van der Waals surface area contributed by atoms with Crippen LogP contribution in [-0.4, -0.2) is 82.0 Å². The molecule has 39 heavy (non-hydrogen) atoms. The van der Waals surface area contributed by atoms with Crippen LogP contribution in [0.3, 0.4) is 0 Å². The van der Waals surface area contributed by atoms with E-state index in [2.05, 4.69) is 52.5 Å². The number of likely N-dealkylation sites (N-methyl/N-ethyl adjacent to an activating group) is 1. The third-order valence-corrected chi connectivity index (χ3v) is 10.7. The number of rotatable bonds is 8. The van der Waals surface area contributed by atoms with Crippen molar-refractivity contribution < 1.29 is 4.79 Å². The topological polar surface area (TPSA) is 44.6 Å². The molecule has 2 saturated carbocycles. The molecule has 2 aliphatic carbocycles. The maximum Gasteiger partial charge on any atom is 0.236 e. The predicted octanol–water partition coefficient (Wildman–Crippen LogP) is 5.76. The van der Waals surface area contributed by atoms with E-state index >= 15 is 0 Å². The Bertz CT molecular complexity index is 1090. The van der Waals surface area contributed by atoms with Gasteiger partial charge < -0.3 is 14.4 Å². The lowest BCUT2D eigenvalue weighted by Gasteiger charge is -2.43. The minimum absolute atomic E-state index is 0.275. The summed E-state index contributed by atoms with van der Waals surface area (Å²) >= 11 is 0. The van der Waals surface area contributed by atoms with Crippen LogP contribution in [0.4, 0.5) is 0 Å². The molecule has 2 saturated heterocycles. The van der Waals surface area contributed by atoms with Gasteiger partial charge >= 0.3 is 0 Å². The zero-order valence-corrected chi connectivity index (χ0v) is 24.6. The molecular formula is C33H51N5O. The van der Waals surface area contributed by atoms with Crippen LogP contribution in [0, 0.1) is 17.8 Å². The molecule has 1 unspecified atom stereocenters. The molecule has 4 aliphatic rings. The highest BCUT2D eigenvalue weighted by Gasteiger charge is 2.36. The van der Waals surface area contributed by atoms with E-state index in [1.807, 2.05) is 4.90 Å². The Hall–Kier alpha value is -1.92. The third-order valence-electron chi connectivity index (χ3n) is 10.7. The molecule has 1 aromatic heterocycles. The maximum atomic E-state index is 12.7. The van der Waals surface area contributed by atoms with E-state index in [0.717, 1.165) is 62.4 Å². The monoisotopic (exact) mass is 533 g/mol. The van der Waals surface area contributed by atoms with Gasteiger partial charge in [0.1, 0.15) is 5.82 Å². The summed E-state index contributed by atoms with van der Waals surface area (Å²) in [7, 11) is 0. The van der Waals surface area contributed by atoms with Gasteiger partial charge in [0.25, 0.3) is 0 Å². The van der Waals surface area contributed by atoms with Crippen molar-refractivity contribution in [3.63, 3.8) is 0 Å². The summed E-state index contributed by atoms with van der Waals surface area (Å²) in [6, 6.07) is 10.2. The second kappa shape index (κ2) is 12.3. The van der Waals surface area contributed by atoms with Gasteiger partial charge in [0.2, 0.25) is 5.91 Å². The highest BCUT2D eigenvalue weighted by Crippen LogP contribution is 2.41. The molecule has 6 rings (SSSR count). The Balaban J connectivity index is 1.11. The molecular weight excluding hydrogens is 482 g/mol. The summed E-state index contributed by atoms with van der Waals surface area (Å²) in [5.74, 6) is 4.12. The van der Waals surface area contributed by atoms with Gasteiger partial charge in [-0.25, -0.2) is 4.98 Å². The van der Waals surface area contributed by atoms with Crippen LogP contribution in [-0.2, 0) is 11.2 Å². The Labute approximate surface area is 236 Å². The lowest BCUT2D eigenvalue weighted by Crippen LogP contribution is -2.45. The second-order valence-electron chi connectivity index (χ2n) is 13.2. The fraction of sp³-hybridized carbons (Fsp3) is 0.758. The molecule has 4 fully saturated rings. The first-order valence-corrected chi connectivity index (χ1v) is 16.3. The molecule has 6 nitrogen and oxygen atoms in total. The van der Waals surface area contributed by atoms with Gasteiger partial charge in [-0.15, -0.1) is 0 Å². The summed E-state index contributed by atoms with van der Waals surface area (Å²) in [6.07, 6.45) is 15.0. The van der Waals surface area contributed by atoms with Crippen LogP contribution in [0.1, 0.15) is 89.9 Å². The number of likely N-dealkylation sites (tertiary alicyclic amines) is 2. The van der Waals surface area contributed by atoms with Crippen LogP contribution >= 0.6 is 0 Å². The zero-order chi connectivity index (χ0) is 26.8. The molecule has 2 bridgehead atoms. The minimum Gasteiger partial charge on any atom is -0.342 e. The second-order valence-corrected chi connectivity index (χ2v) is 13.2. The summed E-state index contributed by atoms with van der Waals surface area (Å²) in [4.78, 5) is 25.1. The molecule has 2 aromatic rings. The van der Waals surface area contributed by atoms with Gasteiger partial charge in [-0.1, -0.05) is 37.8 Å². The Morgan fingerprint density at radius 1 is 0.897 bits per heavy atom. The van der Waals surface area contributed by atoms with Crippen molar-refractivity contribution in [3.8, 4) is 0 Å². The number of carbonyl (C=O) groups excluding carboxylic acids is 1. The Kier molecular flexibility index (Phi) is 8.60. The van der Waals surface area contributed by atoms with E-state index < -0.39 is 0 Å². The highest BCUT2D eigenvalue weighted by atomic mass is 16.2. The lowest BCUT2D eigenvalue weighted by atomic mass is 9.77. The SMILES string of the molecule is CCN(CC)C(=O)CN1CC[C@@H](Cc2nc3ccccc3n2C2CCN(C3C[C@H]4CCCC[C@@H](C3)C4)CC2)C1. The molecule has 2 aliphatic heterocycles. The van der Waals surface area contributed by atoms with E-state index in [1.165, 1.54) is 82.2 Å². The molecule has 0 radical (unpaired) electrons. The molecule has 0 N–H and O–H groups in total. The fourth-order valence-corrected chi connectivity index (χ4v) is 8.67. The van der Waals surface area contributed by atoms with Gasteiger partial charge in [0.15, 0.2) is 0 Å². The van der Waals surface area contributed by atoms with Crippen molar-refractivity contribution in [1.29, 1.82) is 0 Å². The average molecular weight is 534 g/mol. The quantitative estimate of drug-likeness (QED) is 0.433. The summed E-state index contributed by atoms with van der Waals surface area (Å²) in [5, 5.41) is 0. The highest BCUT2D eigenvalue weighted by molar-refractivity contribution is 5.78. The van der Waals surface area contributed by atoms with Crippen molar-refractivity contribution in [2.45, 2.75) is 96.6 Å². The van der Waals surface area contributed by atoms with E-state index in [4.69, 9.17) is 4.98 Å². The fourth-order valence-electron chi connectivity index (χ4n) is 8.67. The lowest BCUT2D eigenvalue weighted by molar-refractivity contribution is -0.131. The number of carbonyl (C=O) groups is 1. The first-order valence-electron chi connectivity index (χ1n) is 16.3. The predicted molar refractivity (Wildman–Crippen MR) is 159 cm³/mol. The third kappa shape index (κ3) is 6.07. The van der Waals surface area contributed by atoms with E-state index in [9.17, 15) is 4.79 Å². The molecule has 4 atom stereocenters. The minimum atomic E-state index is 0.275.